The number of cyclic esters (lactones) is 1. The van der Waals surface area contributed by atoms with Crippen molar-refractivity contribution < 1.29 is 23.2 Å². The third-order valence-corrected chi connectivity index (χ3v) is 21.9. The van der Waals surface area contributed by atoms with Crippen LogP contribution in [0.4, 0.5) is 0 Å². The molecule has 2 saturated carbocycles. The summed E-state index contributed by atoms with van der Waals surface area (Å²) in [5, 5.41) is 0.270. The van der Waals surface area contributed by atoms with Gasteiger partial charge in [0, 0.05) is 24.4 Å². The number of carbonyl (C=O) groups excluding carboxylic acids is 2. The highest BCUT2D eigenvalue weighted by atomic mass is 28.4. The summed E-state index contributed by atoms with van der Waals surface area (Å²) in [6.45, 7) is 27.3. The first-order chi connectivity index (χ1) is 19.8. The lowest BCUT2D eigenvalue weighted by atomic mass is 9.71. The SMILES string of the molecule is CC[C@H]1CCC[C@H](O[Si](C)(C)C(C)(C)C)[C@@H](C)C(=O)[C@H]2C[C@@H]3[C@@H](C=C[C@@H]4C[C@@H](O[Si](C)(C)C(C)(C)C)C[C@@H]34)[C@@H]2CC(=O)O1. The molecule has 4 rings (SSSR count). The highest BCUT2D eigenvalue weighted by Crippen LogP contribution is 2.57. The summed E-state index contributed by atoms with van der Waals surface area (Å²) in [6.07, 6.45) is 11.8. The summed E-state index contributed by atoms with van der Waals surface area (Å²) in [7, 11) is -3.94. The van der Waals surface area contributed by atoms with E-state index in [1.165, 1.54) is 0 Å². The lowest BCUT2D eigenvalue weighted by Crippen LogP contribution is -2.47. The zero-order valence-electron chi connectivity index (χ0n) is 29.6. The molecule has 0 unspecified atom stereocenters. The van der Waals surface area contributed by atoms with Gasteiger partial charge in [-0.1, -0.05) is 67.5 Å². The van der Waals surface area contributed by atoms with E-state index in [1.807, 2.05) is 0 Å². The van der Waals surface area contributed by atoms with Gasteiger partial charge in [-0.15, -0.1) is 0 Å². The standard InChI is InChI=1S/C36H64O5Si2/c1-13-25-15-14-16-32(41-43(11,12)36(6,7)8)23(2)34(38)31-21-29-27(30(31)22-33(37)39-25)18-17-24-19-26(20-28(24)29)40-42(9,10)35(3,4)5/h17-18,23-32H,13-16,19-22H2,1-12H3/t23-,24-,25+,26-,27-,28-,29-,30+,31+,32+/m1/s1. The molecule has 10 atom stereocenters. The molecule has 1 saturated heterocycles. The van der Waals surface area contributed by atoms with Crippen LogP contribution in [0.15, 0.2) is 12.2 Å². The van der Waals surface area contributed by atoms with Crippen molar-refractivity contribution in [3.05, 3.63) is 12.2 Å². The molecule has 5 nitrogen and oxygen atoms in total. The van der Waals surface area contributed by atoms with E-state index in [1.54, 1.807) is 0 Å². The molecule has 0 aromatic heterocycles. The van der Waals surface area contributed by atoms with Crippen LogP contribution in [0.25, 0.3) is 0 Å². The molecule has 1 aliphatic heterocycles. The first-order valence-electron chi connectivity index (χ1n) is 17.5. The fourth-order valence-electron chi connectivity index (χ4n) is 8.10. The Bertz CT molecular complexity index is 1040. The lowest BCUT2D eigenvalue weighted by Gasteiger charge is -2.41. The molecule has 0 bridgehead atoms. The number of carbonyl (C=O) groups is 2. The number of fused-ring (bicyclic) bond motifs is 5. The van der Waals surface area contributed by atoms with Crippen molar-refractivity contribution in [3.8, 4) is 0 Å². The molecule has 0 radical (unpaired) electrons. The molecule has 0 amide bonds. The molecule has 3 aliphatic carbocycles. The zero-order valence-corrected chi connectivity index (χ0v) is 31.6. The van der Waals surface area contributed by atoms with Gasteiger partial charge in [-0.3, -0.25) is 9.59 Å². The monoisotopic (exact) mass is 632 g/mol. The average Bonchev–Trinajstić information content (AvgIpc) is 3.45. The van der Waals surface area contributed by atoms with Crippen LogP contribution in [0.1, 0.15) is 107 Å². The topological polar surface area (TPSA) is 61.8 Å². The predicted octanol–water partition coefficient (Wildman–Crippen LogP) is 9.33. The van der Waals surface area contributed by atoms with Crippen LogP contribution in [0.3, 0.4) is 0 Å². The summed E-state index contributed by atoms with van der Waals surface area (Å²) in [5.41, 5.74) is 0. The second-order valence-corrected chi connectivity index (χ2v) is 27.2. The van der Waals surface area contributed by atoms with E-state index in [0.29, 0.717) is 30.0 Å². The molecular formula is C36H64O5Si2. The third-order valence-electron chi connectivity index (χ3n) is 12.8. The van der Waals surface area contributed by atoms with Crippen molar-refractivity contribution in [1.82, 2.24) is 0 Å². The van der Waals surface area contributed by atoms with E-state index in [0.717, 1.165) is 44.9 Å². The highest BCUT2D eigenvalue weighted by Gasteiger charge is 2.55. The number of allylic oxidation sites excluding steroid dienone is 2. The number of rotatable bonds is 5. The zero-order chi connectivity index (χ0) is 32.1. The van der Waals surface area contributed by atoms with Crippen molar-refractivity contribution >= 4 is 28.4 Å². The van der Waals surface area contributed by atoms with Crippen molar-refractivity contribution in [2.24, 2.45) is 41.4 Å². The Morgan fingerprint density at radius 1 is 0.837 bits per heavy atom. The smallest absolute Gasteiger partial charge is 0.306 e. The van der Waals surface area contributed by atoms with Gasteiger partial charge in [-0.25, -0.2) is 0 Å². The van der Waals surface area contributed by atoms with Crippen LogP contribution in [-0.4, -0.2) is 46.7 Å². The molecule has 4 aliphatic rings. The molecule has 1 heterocycles. The second-order valence-electron chi connectivity index (χ2n) is 17.7. The highest BCUT2D eigenvalue weighted by molar-refractivity contribution is 6.74. The van der Waals surface area contributed by atoms with Crippen LogP contribution in [-0.2, 0) is 23.2 Å². The Kier molecular flexibility index (Phi) is 10.4. The number of ketones is 1. The van der Waals surface area contributed by atoms with E-state index in [-0.39, 0.29) is 58.0 Å². The maximum atomic E-state index is 14.6. The summed E-state index contributed by atoms with van der Waals surface area (Å²) in [5.74, 6) is 1.64. The molecule has 7 heteroatoms. The van der Waals surface area contributed by atoms with Gasteiger partial charge >= 0.3 is 5.97 Å². The van der Waals surface area contributed by atoms with E-state index in [9.17, 15) is 9.59 Å². The normalized spacial score (nSPS) is 38.0. The minimum Gasteiger partial charge on any atom is -0.462 e. The largest absolute Gasteiger partial charge is 0.462 e. The predicted molar refractivity (Wildman–Crippen MR) is 181 cm³/mol. The summed E-state index contributed by atoms with van der Waals surface area (Å²) < 4.78 is 20.1. The van der Waals surface area contributed by atoms with E-state index < -0.39 is 16.6 Å². The van der Waals surface area contributed by atoms with Crippen LogP contribution in [0, 0.1) is 41.4 Å². The quantitative estimate of drug-likeness (QED) is 0.172. The van der Waals surface area contributed by atoms with Gasteiger partial charge < -0.3 is 13.6 Å². The van der Waals surface area contributed by atoms with Gasteiger partial charge in [0.1, 0.15) is 11.9 Å². The fraction of sp³-hybridized carbons (Fsp3) is 0.889. The summed E-state index contributed by atoms with van der Waals surface area (Å²) in [4.78, 5) is 27.9. The summed E-state index contributed by atoms with van der Waals surface area (Å²) in [6, 6.07) is 0. The van der Waals surface area contributed by atoms with Crippen molar-refractivity contribution in [3.63, 3.8) is 0 Å². The van der Waals surface area contributed by atoms with Crippen LogP contribution >= 0.6 is 0 Å². The van der Waals surface area contributed by atoms with Gasteiger partial charge in [-0.2, -0.15) is 0 Å². The van der Waals surface area contributed by atoms with Crippen LogP contribution in [0.5, 0.6) is 0 Å². The van der Waals surface area contributed by atoms with Gasteiger partial charge in [0.15, 0.2) is 16.6 Å². The number of hydrogen-bond acceptors (Lipinski definition) is 5. The van der Waals surface area contributed by atoms with Crippen LogP contribution < -0.4 is 0 Å². The van der Waals surface area contributed by atoms with Gasteiger partial charge in [0.25, 0.3) is 0 Å². The Morgan fingerprint density at radius 2 is 1.47 bits per heavy atom. The first kappa shape index (κ1) is 35.1. The molecule has 3 fully saturated rings. The minimum absolute atomic E-state index is 0.00969. The lowest BCUT2D eigenvalue weighted by molar-refractivity contribution is -0.152. The third kappa shape index (κ3) is 7.46. The Labute approximate surface area is 265 Å². The second kappa shape index (κ2) is 12.8. The molecule has 0 spiro atoms. The molecule has 0 aromatic rings. The van der Waals surface area contributed by atoms with Gasteiger partial charge in [-0.05, 0) is 111 Å². The first-order valence-corrected chi connectivity index (χ1v) is 23.3. The van der Waals surface area contributed by atoms with Gasteiger partial charge in [0.05, 0.1) is 6.10 Å². The van der Waals surface area contributed by atoms with E-state index >= 15 is 0 Å². The maximum absolute atomic E-state index is 14.6. The summed E-state index contributed by atoms with van der Waals surface area (Å²) >= 11 is 0. The van der Waals surface area contributed by atoms with Crippen molar-refractivity contribution in [1.29, 1.82) is 0 Å². The maximum Gasteiger partial charge on any atom is 0.306 e. The molecule has 246 valence electrons. The van der Waals surface area contributed by atoms with Crippen LogP contribution in [0.2, 0.25) is 36.3 Å². The van der Waals surface area contributed by atoms with Crippen molar-refractivity contribution in [2.75, 3.05) is 0 Å². The Hall–Kier alpha value is -0.766. The number of esters is 1. The molecule has 0 N–H and O–H groups in total. The molecule has 0 aromatic carbocycles. The fourth-order valence-corrected chi connectivity index (χ4v) is 10.9. The number of Topliss-reactive ketones (excluding diaryl/α,β-unsaturated/α-hetero) is 1. The minimum atomic E-state index is -2.07. The van der Waals surface area contributed by atoms with Crippen molar-refractivity contribution in [2.45, 2.75) is 161 Å². The Balaban J connectivity index is 1.61. The molecular weight excluding hydrogens is 569 g/mol. The number of hydrogen-bond donors (Lipinski definition) is 0. The Morgan fingerprint density at radius 3 is 2.07 bits per heavy atom. The van der Waals surface area contributed by atoms with E-state index in [2.05, 4.69) is 93.7 Å². The average molecular weight is 633 g/mol. The number of ether oxygens (including phenoxy) is 1. The van der Waals surface area contributed by atoms with E-state index in [4.69, 9.17) is 13.6 Å². The van der Waals surface area contributed by atoms with Gasteiger partial charge in [0.2, 0.25) is 0 Å². The molecule has 43 heavy (non-hydrogen) atoms.